The minimum Gasteiger partial charge on any atom is -0.461 e. The van der Waals surface area contributed by atoms with E-state index in [2.05, 4.69) is 14.7 Å². The molecule has 0 aliphatic rings. The minimum absolute atomic E-state index is 0.0850. The highest BCUT2D eigenvalue weighted by Crippen LogP contribution is 2.32. The highest BCUT2D eigenvalue weighted by atomic mass is 32.2. The van der Waals surface area contributed by atoms with Gasteiger partial charge in [-0.1, -0.05) is 30.0 Å². The molecule has 0 amide bonds. The lowest BCUT2D eigenvalue weighted by atomic mass is 10.1. The number of carbonyl (C=O) groups is 1. The second kappa shape index (κ2) is 8.52. The zero-order valence-corrected chi connectivity index (χ0v) is 18.4. The van der Waals surface area contributed by atoms with Crippen LogP contribution in [0.4, 0.5) is 5.69 Å². The Labute approximate surface area is 184 Å². The molecule has 9 heteroatoms. The minimum atomic E-state index is -3.37. The molecule has 0 spiro atoms. The molecule has 0 bridgehead atoms. The van der Waals surface area contributed by atoms with Gasteiger partial charge in [0.2, 0.25) is 10.0 Å². The average molecular weight is 454 g/mol. The van der Waals surface area contributed by atoms with E-state index in [1.54, 1.807) is 42.7 Å². The Hall–Kier alpha value is -3.17. The largest absolute Gasteiger partial charge is 0.461 e. The van der Waals surface area contributed by atoms with Crippen molar-refractivity contribution in [3.8, 4) is 11.6 Å². The first-order valence-corrected chi connectivity index (χ1v) is 12.2. The van der Waals surface area contributed by atoms with Gasteiger partial charge in [0.05, 0.1) is 23.3 Å². The summed E-state index contributed by atoms with van der Waals surface area (Å²) in [4.78, 5) is 22.2. The molecule has 0 aliphatic carbocycles. The molecule has 1 atom stereocenters. The van der Waals surface area contributed by atoms with Gasteiger partial charge in [-0.15, -0.1) is 0 Å². The second-order valence-electron chi connectivity index (χ2n) is 6.92. The number of fused-ring (bicyclic) bond motifs is 1. The van der Waals surface area contributed by atoms with Gasteiger partial charge in [0, 0.05) is 16.6 Å². The number of thioether (sulfide) groups is 1. The molecular formula is C22H19N3O4S2. The number of rotatable bonds is 7. The van der Waals surface area contributed by atoms with E-state index in [0.29, 0.717) is 27.9 Å². The van der Waals surface area contributed by atoms with Crippen LogP contribution in [0.25, 0.3) is 22.5 Å². The molecule has 4 rings (SSSR count). The number of hydrogen-bond donors (Lipinski definition) is 1. The normalized spacial score (nSPS) is 12.6. The Morgan fingerprint density at radius 2 is 1.77 bits per heavy atom. The van der Waals surface area contributed by atoms with Crippen molar-refractivity contribution in [1.82, 2.24) is 9.97 Å². The van der Waals surface area contributed by atoms with Gasteiger partial charge in [-0.3, -0.25) is 9.52 Å². The number of carbonyl (C=O) groups excluding carboxylic acids is 1. The first-order chi connectivity index (χ1) is 14.8. The molecule has 0 saturated carbocycles. The molecule has 0 aliphatic heterocycles. The highest BCUT2D eigenvalue weighted by Gasteiger charge is 2.20. The van der Waals surface area contributed by atoms with Crippen LogP contribution < -0.4 is 4.72 Å². The maximum absolute atomic E-state index is 13.0. The highest BCUT2D eigenvalue weighted by molar-refractivity contribution is 8.00. The number of benzene rings is 2. The van der Waals surface area contributed by atoms with E-state index in [4.69, 9.17) is 4.42 Å². The molecule has 2 aromatic carbocycles. The van der Waals surface area contributed by atoms with Crippen molar-refractivity contribution in [3.63, 3.8) is 0 Å². The van der Waals surface area contributed by atoms with E-state index in [1.807, 2.05) is 31.2 Å². The fraction of sp³-hybridized carbons (Fsp3) is 0.136. The maximum Gasteiger partial charge on any atom is 0.229 e. The Balaban J connectivity index is 1.60. The fourth-order valence-corrected chi connectivity index (χ4v) is 4.61. The monoisotopic (exact) mass is 453 g/mol. The first-order valence-electron chi connectivity index (χ1n) is 9.39. The fourth-order valence-electron chi connectivity index (χ4n) is 3.03. The van der Waals surface area contributed by atoms with Crippen molar-refractivity contribution >= 4 is 44.2 Å². The molecule has 0 fully saturated rings. The van der Waals surface area contributed by atoms with Crippen LogP contribution in [-0.4, -0.2) is 35.7 Å². The smallest absolute Gasteiger partial charge is 0.229 e. The summed E-state index contributed by atoms with van der Waals surface area (Å²) < 4.78 is 30.5. The molecule has 0 saturated heterocycles. The van der Waals surface area contributed by atoms with Crippen LogP contribution in [0.3, 0.4) is 0 Å². The number of furan rings is 1. The quantitative estimate of drug-likeness (QED) is 0.247. The third-order valence-corrected chi connectivity index (χ3v) is 6.15. The Morgan fingerprint density at radius 1 is 1.03 bits per heavy atom. The van der Waals surface area contributed by atoms with E-state index in [0.717, 1.165) is 17.2 Å². The summed E-state index contributed by atoms with van der Waals surface area (Å²) >= 11 is 1.35. The molecule has 31 heavy (non-hydrogen) atoms. The summed E-state index contributed by atoms with van der Waals surface area (Å²) in [6, 6.07) is 17.5. The standard InChI is InChI=1S/C22H19N3O4S2/c1-14(20(26)15-9-11-16(12-10-15)25-31(2,27)28)30-22-17-6-3-4-7-18(17)23-21(24-22)19-8-5-13-29-19/h3-14,25H,1-2H3. The molecular weight excluding hydrogens is 434 g/mol. The molecule has 1 unspecified atom stereocenters. The summed E-state index contributed by atoms with van der Waals surface area (Å²) in [7, 11) is -3.37. The van der Waals surface area contributed by atoms with Gasteiger partial charge in [0.1, 0.15) is 5.03 Å². The lowest BCUT2D eigenvalue weighted by molar-refractivity contribution is 0.0994. The van der Waals surface area contributed by atoms with Gasteiger partial charge in [0.15, 0.2) is 17.4 Å². The van der Waals surface area contributed by atoms with Gasteiger partial charge in [-0.25, -0.2) is 18.4 Å². The van der Waals surface area contributed by atoms with E-state index >= 15 is 0 Å². The number of nitrogens with zero attached hydrogens (tertiary/aromatic N) is 2. The zero-order chi connectivity index (χ0) is 22.0. The van der Waals surface area contributed by atoms with Crippen molar-refractivity contribution in [2.24, 2.45) is 0 Å². The molecule has 2 aromatic heterocycles. The van der Waals surface area contributed by atoms with Gasteiger partial charge in [0.25, 0.3) is 0 Å². The molecule has 2 heterocycles. The number of para-hydroxylation sites is 1. The number of hydrogen-bond acceptors (Lipinski definition) is 7. The van der Waals surface area contributed by atoms with Crippen molar-refractivity contribution in [1.29, 1.82) is 0 Å². The predicted octanol–water partition coefficient (Wildman–Crippen LogP) is 4.62. The van der Waals surface area contributed by atoms with Gasteiger partial charge >= 0.3 is 0 Å². The van der Waals surface area contributed by atoms with Gasteiger partial charge < -0.3 is 4.42 Å². The SMILES string of the molecule is CC(Sc1nc(-c2ccco2)nc2ccccc12)C(=O)c1ccc(NS(C)(=O)=O)cc1. The molecule has 4 aromatic rings. The van der Waals surface area contributed by atoms with Crippen molar-refractivity contribution < 1.29 is 17.6 Å². The van der Waals surface area contributed by atoms with Crippen LogP contribution in [0.1, 0.15) is 17.3 Å². The summed E-state index contributed by atoms with van der Waals surface area (Å²) in [5, 5.41) is 1.12. The third kappa shape index (κ3) is 4.95. The lowest BCUT2D eigenvalue weighted by Crippen LogP contribution is -2.14. The van der Waals surface area contributed by atoms with Crippen LogP contribution in [0.2, 0.25) is 0 Å². The van der Waals surface area contributed by atoms with Crippen LogP contribution in [-0.2, 0) is 10.0 Å². The summed E-state index contributed by atoms with van der Waals surface area (Å²) in [6.07, 6.45) is 2.64. The average Bonchev–Trinajstić information content (AvgIpc) is 3.27. The summed E-state index contributed by atoms with van der Waals surface area (Å²) in [6.45, 7) is 1.82. The summed E-state index contributed by atoms with van der Waals surface area (Å²) in [5.74, 6) is 0.931. The maximum atomic E-state index is 13.0. The predicted molar refractivity (Wildman–Crippen MR) is 122 cm³/mol. The molecule has 158 valence electrons. The van der Waals surface area contributed by atoms with Gasteiger partial charge in [-0.2, -0.15) is 0 Å². The number of anilines is 1. The summed E-state index contributed by atoms with van der Waals surface area (Å²) in [5.41, 5.74) is 1.66. The Kier molecular flexibility index (Phi) is 5.79. The molecule has 0 radical (unpaired) electrons. The number of sulfonamides is 1. The second-order valence-corrected chi connectivity index (χ2v) is 10.0. The number of aromatic nitrogens is 2. The van der Waals surface area contributed by atoms with Gasteiger partial charge in [-0.05, 0) is 49.4 Å². The number of nitrogens with one attached hydrogen (secondary N) is 1. The Morgan fingerprint density at radius 3 is 2.45 bits per heavy atom. The number of ketones is 1. The molecule has 1 N–H and O–H groups in total. The van der Waals surface area contributed by atoms with E-state index in [9.17, 15) is 13.2 Å². The van der Waals surface area contributed by atoms with E-state index < -0.39 is 15.3 Å². The zero-order valence-electron chi connectivity index (χ0n) is 16.8. The first kappa shape index (κ1) is 21.1. The van der Waals surface area contributed by atoms with Crippen LogP contribution in [0, 0.1) is 0 Å². The van der Waals surface area contributed by atoms with Crippen molar-refractivity contribution in [2.45, 2.75) is 17.2 Å². The molecule has 7 nitrogen and oxygen atoms in total. The van der Waals surface area contributed by atoms with Crippen LogP contribution in [0.5, 0.6) is 0 Å². The lowest BCUT2D eigenvalue weighted by Gasteiger charge is -2.13. The van der Waals surface area contributed by atoms with Crippen molar-refractivity contribution in [2.75, 3.05) is 11.0 Å². The van der Waals surface area contributed by atoms with Crippen molar-refractivity contribution in [3.05, 3.63) is 72.5 Å². The topological polar surface area (TPSA) is 102 Å². The van der Waals surface area contributed by atoms with Crippen LogP contribution >= 0.6 is 11.8 Å². The van der Waals surface area contributed by atoms with E-state index in [1.165, 1.54) is 11.8 Å². The third-order valence-electron chi connectivity index (χ3n) is 4.44. The van der Waals surface area contributed by atoms with E-state index in [-0.39, 0.29) is 5.78 Å². The number of Topliss-reactive ketones (excluding diaryl/α,β-unsaturated/α-hetero) is 1. The van der Waals surface area contributed by atoms with Crippen LogP contribution in [0.15, 0.2) is 76.4 Å². The Bertz CT molecular complexity index is 1340.